The summed E-state index contributed by atoms with van der Waals surface area (Å²) in [5.74, 6) is 0.101. The van der Waals surface area contributed by atoms with Crippen molar-refractivity contribution in [2.24, 2.45) is 0 Å². The Hall–Kier alpha value is -1.01. The van der Waals surface area contributed by atoms with Gasteiger partial charge in [-0.25, -0.2) is 0 Å². The van der Waals surface area contributed by atoms with Gasteiger partial charge in [-0.3, -0.25) is 14.8 Å². The van der Waals surface area contributed by atoms with E-state index in [4.69, 9.17) is 5.11 Å². The standard InChI is InChI=1S/C11H17N3O2S/c1-2-4-14-7-8(6-12-14)10-13-9(11(15)16)3-5-17-10/h6-7,9-10,13H,2-5H2,1H3,(H,15,16). The third kappa shape index (κ3) is 3.01. The summed E-state index contributed by atoms with van der Waals surface area (Å²) in [6, 6.07) is -0.434. The van der Waals surface area contributed by atoms with E-state index in [0.717, 1.165) is 24.3 Å². The van der Waals surface area contributed by atoms with E-state index in [1.165, 1.54) is 0 Å². The third-order valence-electron chi connectivity index (χ3n) is 2.75. The fourth-order valence-electron chi connectivity index (χ4n) is 1.87. The summed E-state index contributed by atoms with van der Waals surface area (Å²) in [5.41, 5.74) is 1.06. The van der Waals surface area contributed by atoms with Crippen molar-refractivity contribution in [2.45, 2.75) is 37.7 Å². The van der Waals surface area contributed by atoms with Crippen molar-refractivity contribution in [3.05, 3.63) is 18.0 Å². The van der Waals surface area contributed by atoms with Gasteiger partial charge < -0.3 is 5.11 Å². The lowest BCUT2D eigenvalue weighted by Gasteiger charge is -2.27. The van der Waals surface area contributed by atoms with Crippen molar-refractivity contribution in [2.75, 3.05) is 5.75 Å². The van der Waals surface area contributed by atoms with Gasteiger partial charge in [0.05, 0.1) is 11.6 Å². The van der Waals surface area contributed by atoms with Crippen LogP contribution in [0.3, 0.4) is 0 Å². The van der Waals surface area contributed by atoms with Crippen LogP contribution in [0.15, 0.2) is 12.4 Å². The van der Waals surface area contributed by atoms with Gasteiger partial charge in [0.15, 0.2) is 0 Å². The van der Waals surface area contributed by atoms with Crippen molar-refractivity contribution in [3.8, 4) is 0 Å². The predicted octanol–water partition coefficient (Wildman–Crippen LogP) is 1.47. The highest BCUT2D eigenvalue weighted by molar-refractivity contribution is 7.99. The normalized spacial score (nSPS) is 24.8. The van der Waals surface area contributed by atoms with E-state index in [2.05, 4.69) is 17.3 Å². The van der Waals surface area contributed by atoms with Crippen molar-refractivity contribution in [1.29, 1.82) is 0 Å². The molecule has 0 spiro atoms. The van der Waals surface area contributed by atoms with Gasteiger partial charge in [0.2, 0.25) is 0 Å². The van der Waals surface area contributed by atoms with Crippen LogP contribution in [0.5, 0.6) is 0 Å². The lowest BCUT2D eigenvalue weighted by atomic mass is 10.2. The van der Waals surface area contributed by atoms with Crippen LogP contribution >= 0.6 is 11.8 Å². The molecule has 6 heteroatoms. The highest BCUT2D eigenvalue weighted by atomic mass is 32.2. The molecule has 1 aliphatic heterocycles. The molecule has 2 unspecified atom stereocenters. The number of aryl methyl sites for hydroxylation is 1. The van der Waals surface area contributed by atoms with Gasteiger partial charge in [-0.15, -0.1) is 11.8 Å². The van der Waals surface area contributed by atoms with E-state index < -0.39 is 12.0 Å². The molecule has 5 nitrogen and oxygen atoms in total. The van der Waals surface area contributed by atoms with E-state index in [1.807, 2.05) is 17.1 Å². The molecule has 0 amide bonds. The molecule has 0 bridgehead atoms. The first-order chi connectivity index (χ1) is 8.20. The molecule has 17 heavy (non-hydrogen) atoms. The molecule has 2 rings (SSSR count). The number of hydrogen-bond donors (Lipinski definition) is 2. The maximum atomic E-state index is 10.9. The Bertz CT molecular complexity index is 394. The topological polar surface area (TPSA) is 67.2 Å². The zero-order valence-corrected chi connectivity index (χ0v) is 10.6. The molecule has 94 valence electrons. The number of nitrogens with one attached hydrogen (secondary N) is 1. The fourth-order valence-corrected chi connectivity index (χ4v) is 3.05. The summed E-state index contributed by atoms with van der Waals surface area (Å²) in [6.07, 6.45) is 5.55. The number of carboxylic acids is 1. The Kier molecular flexibility index (Phi) is 4.06. The molecule has 1 fully saturated rings. The minimum Gasteiger partial charge on any atom is -0.480 e. The van der Waals surface area contributed by atoms with Gasteiger partial charge in [-0.1, -0.05) is 6.92 Å². The van der Waals surface area contributed by atoms with Gasteiger partial charge in [0.25, 0.3) is 0 Å². The molecular weight excluding hydrogens is 238 g/mol. The first-order valence-electron chi connectivity index (χ1n) is 5.83. The van der Waals surface area contributed by atoms with Gasteiger partial charge in [-0.05, 0) is 18.6 Å². The Labute approximate surface area is 105 Å². The highest BCUT2D eigenvalue weighted by Gasteiger charge is 2.27. The second-order valence-corrected chi connectivity index (χ2v) is 5.35. The summed E-state index contributed by atoms with van der Waals surface area (Å²) in [4.78, 5) is 10.9. The van der Waals surface area contributed by atoms with Crippen LogP contribution in [-0.4, -0.2) is 32.7 Å². The van der Waals surface area contributed by atoms with Crippen LogP contribution in [0.25, 0.3) is 0 Å². The number of hydrogen-bond acceptors (Lipinski definition) is 4. The number of carboxylic acid groups (broad SMARTS) is 1. The van der Waals surface area contributed by atoms with E-state index in [1.54, 1.807) is 11.8 Å². The Morgan fingerprint density at radius 2 is 2.59 bits per heavy atom. The highest BCUT2D eigenvalue weighted by Crippen LogP contribution is 2.31. The summed E-state index contributed by atoms with van der Waals surface area (Å²) < 4.78 is 1.90. The van der Waals surface area contributed by atoms with Gasteiger partial charge in [0, 0.05) is 18.3 Å². The van der Waals surface area contributed by atoms with Crippen LogP contribution in [0, 0.1) is 0 Å². The minimum atomic E-state index is -0.767. The zero-order valence-electron chi connectivity index (χ0n) is 9.80. The quantitative estimate of drug-likeness (QED) is 0.853. The third-order valence-corrected chi connectivity index (χ3v) is 3.96. The second-order valence-electron chi connectivity index (χ2n) is 4.13. The number of nitrogens with zero attached hydrogens (tertiary/aromatic N) is 2. The van der Waals surface area contributed by atoms with Crippen molar-refractivity contribution >= 4 is 17.7 Å². The average Bonchev–Trinajstić information content (AvgIpc) is 2.78. The predicted molar refractivity (Wildman–Crippen MR) is 66.9 cm³/mol. The molecule has 0 aliphatic carbocycles. The van der Waals surface area contributed by atoms with Gasteiger partial charge >= 0.3 is 5.97 Å². The molecule has 2 N–H and O–H groups in total. The van der Waals surface area contributed by atoms with E-state index in [9.17, 15) is 4.79 Å². The van der Waals surface area contributed by atoms with Crippen molar-refractivity contribution < 1.29 is 9.90 Å². The number of rotatable bonds is 4. The maximum Gasteiger partial charge on any atom is 0.320 e. The first-order valence-corrected chi connectivity index (χ1v) is 6.88. The van der Waals surface area contributed by atoms with Gasteiger partial charge in [-0.2, -0.15) is 5.10 Å². The number of thioether (sulfide) groups is 1. The molecular formula is C11H17N3O2S. The van der Waals surface area contributed by atoms with Crippen LogP contribution in [0.4, 0.5) is 0 Å². The van der Waals surface area contributed by atoms with E-state index >= 15 is 0 Å². The minimum absolute atomic E-state index is 0.0513. The van der Waals surface area contributed by atoms with Crippen LogP contribution in [0.1, 0.15) is 30.7 Å². The SMILES string of the molecule is CCCn1cc(C2NC(C(=O)O)CCS2)cn1. The van der Waals surface area contributed by atoms with Gasteiger partial charge in [0.1, 0.15) is 6.04 Å². The molecule has 1 aliphatic rings. The van der Waals surface area contributed by atoms with E-state index in [-0.39, 0.29) is 5.37 Å². The molecule has 0 radical (unpaired) electrons. The zero-order chi connectivity index (χ0) is 12.3. The Balaban J connectivity index is 2.02. The summed E-state index contributed by atoms with van der Waals surface area (Å²) in [6.45, 7) is 3.01. The lowest BCUT2D eigenvalue weighted by molar-refractivity contribution is -0.139. The largest absolute Gasteiger partial charge is 0.480 e. The maximum absolute atomic E-state index is 10.9. The Morgan fingerprint density at radius 1 is 1.76 bits per heavy atom. The monoisotopic (exact) mass is 255 g/mol. The molecule has 1 saturated heterocycles. The van der Waals surface area contributed by atoms with Crippen molar-refractivity contribution in [3.63, 3.8) is 0 Å². The molecule has 2 heterocycles. The number of aliphatic carboxylic acids is 1. The lowest BCUT2D eigenvalue weighted by Crippen LogP contribution is -2.41. The first kappa shape index (κ1) is 12.4. The molecule has 0 saturated carbocycles. The number of carbonyl (C=O) groups is 1. The van der Waals surface area contributed by atoms with Crippen LogP contribution in [-0.2, 0) is 11.3 Å². The van der Waals surface area contributed by atoms with E-state index in [0.29, 0.717) is 6.42 Å². The summed E-state index contributed by atoms with van der Waals surface area (Å²) >= 11 is 1.74. The average molecular weight is 255 g/mol. The molecule has 1 aromatic rings. The second kappa shape index (κ2) is 5.55. The summed E-state index contributed by atoms with van der Waals surface area (Å²) in [7, 11) is 0. The molecule has 1 aromatic heterocycles. The Morgan fingerprint density at radius 3 is 3.29 bits per heavy atom. The molecule has 0 aromatic carbocycles. The fraction of sp³-hybridized carbons (Fsp3) is 0.636. The van der Waals surface area contributed by atoms with Crippen LogP contribution < -0.4 is 5.32 Å². The smallest absolute Gasteiger partial charge is 0.320 e. The molecule has 2 atom stereocenters. The van der Waals surface area contributed by atoms with Crippen LogP contribution in [0.2, 0.25) is 0 Å². The summed E-state index contributed by atoms with van der Waals surface area (Å²) in [5, 5.41) is 16.5. The van der Waals surface area contributed by atoms with Crippen molar-refractivity contribution in [1.82, 2.24) is 15.1 Å². The number of aromatic nitrogens is 2.